The summed E-state index contributed by atoms with van der Waals surface area (Å²) in [5, 5.41) is 7.51. The van der Waals surface area contributed by atoms with Crippen LogP contribution in [0.5, 0.6) is 0 Å². The van der Waals surface area contributed by atoms with E-state index in [1.807, 2.05) is 0 Å². The summed E-state index contributed by atoms with van der Waals surface area (Å²) in [7, 11) is 0. The van der Waals surface area contributed by atoms with E-state index in [4.69, 9.17) is 0 Å². The van der Waals surface area contributed by atoms with Crippen LogP contribution in [0.15, 0.2) is 176 Å². The predicted octanol–water partition coefficient (Wildman–Crippen LogP) is 11.9. The first-order chi connectivity index (χ1) is 21.3. The molecule has 0 amide bonds. The van der Waals surface area contributed by atoms with Crippen molar-refractivity contribution in [1.82, 2.24) is 0 Å². The van der Waals surface area contributed by atoms with Crippen LogP contribution in [0.1, 0.15) is 0 Å². The topological polar surface area (TPSA) is 3.24 Å². The second kappa shape index (κ2) is 10.6. The van der Waals surface area contributed by atoms with E-state index in [1.165, 1.54) is 54.6 Å². The Morgan fingerprint density at radius 2 is 0.791 bits per heavy atom. The van der Waals surface area contributed by atoms with Gasteiger partial charge in [-0.05, 0) is 103 Å². The normalized spacial score (nSPS) is 11.3. The van der Waals surface area contributed by atoms with Crippen LogP contribution in [0.4, 0.5) is 17.1 Å². The van der Waals surface area contributed by atoms with E-state index in [9.17, 15) is 0 Å². The first kappa shape index (κ1) is 25.1. The van der Waals surface area contributed by atoms with Crippen molar-refractivity contribution in [3.05, 3.63) is 176 Å². The summed E-state index contributed by atoms with van der Waals surface area (Å²) in [4.78, 5) is 2.33. The second-order valence-corrected chi connectivity index (χ2v) is 11.1. The Morgan fingerprint density at radius 1 is 0.279 bits per heavy atom. The molecule has 0 heterocycles. The van der Waals surface area contributed by atoms with E-state index in [-0.39, 0.29) is 0 Å². The van der Waals surface area contributed by atoms with Crippen molar-refractivity contribution in [2.24, 2.45) is 0 Å². The quantitative estimate of drug-likeness (QED) is 0.207. The zero-order chi connectivity index (χ0) is 28.6. The van der Waals surface area contributed by atoms with Crippen LogP contribution in [0.25, 0.3) is 54.6 Å². The standard InChI is InChI=1S/C42H29N/c1-2-14-38(15-3-1)43(40-25-19-31-10-5-7-12-34(31)29-40)39-23-20-32(21-24-39)41-16-8-13-37-28-36(22-26-42(37)41)35-18-17-30-9-4-6-11-33(30)27-35/h1-29H. The number of anilines is 3. The maximum Gasteiger partial charge on any atom is 0.0468 e. The van der Waals surface area contributed by atoms with Gasteiger partial charge in [0, 0.05) is 17.1 Å². The SMILES string of the molecule is c1ccc(N(c2ccc(-c3cccc4cc(-c5ccc6ccccc6c5)ccc34)cc2)c2ccc3ccccc3c2)cc1. The van der Waals surface area contributed by atoms with Crippen molar-refractivity contribution in [3.8, 4) is 22.3 Å². The summed E-state index contributed by atoms with van der Waals surface area (Å²) in [5.74, 6) is 0. The van der Waals surface area contributed by atoms with Gasteiger partial charge in [-0.1, -0.05) is 127 Å². The summed E-state index contributed by atoms with van der Waals surface area (Å²) in [6.45, 7) is 0. The van der Waals surface area contributed by atoms with Gasteiger partial charge < -0.3 is 4.90 Å². The van der Waals surface area contributed by atoms with Gasteiger partial charge in [0.25, 0.3) is 0 Å². The molecular weight excluding hydrogens is 518 g/mol. The highest BCUT2D eigenvalue weighted by Crippen LogP contribution is 2.38. The monoisotopic (exact) mass is 547 g/mol. The lowest BCUT2D eigenvalue weighted by molar-refractivity contribution is 1.29. The molecule has 0 spiro atoms. The number of hydrogen-bond acceptors (Lipinski definition) is 1. The summed E-state index contributed by atoms with van der Waals surface area (Å²) in [6.07, 6.45) is 0. The van der Waals surface area contributed by atoms with Crippen molar-refractivity contribution in [2.45, 2.75) is 0 Å². The fourth-order valence-corrected chi connectivity index (χ4v) is 6.21. The lowest BCUT2D eigenvalue weighted by atomic mass is 9.94. The average Bonchev–Trinajstić information content (AvgIpc) is 3.08. The van der Waals surface area contributed by atoms with Crippen molar-refractivity contribution in [3.63, 3.8) is 0 Å². The number of para-hydroxylation sites is 1. The number of rotatable bonds is 5. The van der Waals surface area contributed by atoms with E-state index in [0.717, 1.165) is 17.1 Å². The molecule has 1 heteroatoms. The molecule has 0 saturated carbocycles. The van der Waals surface area contributed by atoms with Crippen LogP contribution in [0.3, 0.4) is 0 Å². The van der Waals surface area contributed by atoms with Crippen molar-refractivity contribution in [1.29, 1.82) is 0 Å². The third kappa shape index (κ3) is 4.71. The first-order valence-corrected chi connectivity index (χ1v) is 14.8. The zero-order valence-electron chi connectivity index (χ0n) is 23.7. The Hall–Kier alpha value is -5.66. The molecule has 0 bridgehead atoms. The molecule has 0 aliphatic rings. The van der Waals surface area contributed by atoms with Crippen LogP contribution in [-0.4, -0.2) is 0 Å². The number of fused-ring (bicyclic) bond motifs is 3. The van der Waals surface area contributed by atoms with Gasteiger partial charge in [-0.3, -0.25) is 0 Å². The number of nitrogens with zero attached hydrogens (tertiary/aromatic N) is 1. The van der Waals surface area contributed by atoms with Crippen molar-refractivity contribution in [2.75, 3.05) is 4.90 Å². The molecule has 202 valence electrons. The molecule has 1 nitrogen and oxygen atoms in total. The molecule has 0 aromatic heterocycles. The van der Waals surface area contributed by atoms with E-state index < -0.39 is 0 Å². The predicted molar refractivity (Wildman–Crippen MR) is 185 cm³/mol. The summed E-state index contributed by atoms with van der Waals surface area (Å²) < 4.78 is 0. The van der Waals surface area contributed by atoms with E-state index in [2.05, 4.69) is 181 Å². The minimum atomic E-state index is 1.13. The van der Waals surface area contributed by atoms with Gasteiger partial charge in [-0.25, -0.2) is 0 Å². The van der Waals surface area contributed by atoms with Gasteiger partial charge >= 0.3 is 0 Å². The van der Waals surface area contributed by atoms with Crippen LogP contribution >= 0.6 is 0 Å². The van der Waals surface area contributed by atoms with Crippen molar-refractivity contribution < 1.29 is 0 Å². The van der Waals surface area contributed by atoms with Crippen LogP contribution < -0.4 is 4.90 Å². The highest BCUT2D eigenvalue weighted by Gasteiger charge is 2.14. The van der Waals surface area contributed by atoms with E-state index in [1.54, 1.807) is 0 Å². The zero-order valence-corrected chi connectivity index (χ0v) is 23.7. The molecule has 0 aliphatic heterocycles. The Kier molecular flexibility index (Phi) is 6.20. The third-order valence-corrected chi connectivity index (χ3v) is 8.41. The van der Waals surface area contributed by atoms with Gasteiger partial charge in [-0.15, -0.1) is 0 Å². The van der Waals surface area contributed by atoms with Crippen LogP contribution in [0.2, 0.25) is 0 Å². The molecule has 0 unspecified atom stereocenters. The second-order valence-electron chi connectivity index (χ2n) is 11.1. The molecule has 43 heavy (non-hydrogen) atoms. The molecule has 0 saturated heterocycles. The van der Waals surface area contributed by atoms with Crippen molar-refractivity contribution >= 4 is 49.4 Å². The van der Waals surface area contributed by atoms with Gasteiger partial charge in [0.2, 0.25) is 0 Å². The maximum atomic E-state index is 2.33. The molecular formula is C42H29N. The Bertz CT molecular complexity index is 2230. The summed E-state index contributed by atoms with van der Waals surface area (Å²) >= 11 is 0. The Balaban J connectivity index is 1.17. The fourth-order valence-electron chi connectivity index (χ4n) is 6.21. The lowest BCUT2D eigenvalue weighted by Crippen LogP contribution is -2.09. The molecule has 8 aromatic rings. The highest BCUT2D eigenvalue weighted by atomic mass is 15.1. The molecule has 8 aromatic carbocycles. The average molecular weight is 548 g/mol. The number of benzene rings is 8. The Labute approximate surface area is 251 Å². The molecule has 0 radical (unpaired) electrons. The third-order valence-electron chi connectivity index (χ3n) is 8.41. The lowest BCUT2D eigenvalue weighted by Gasteiger charge is -2.26. The fraction of sp³-hybridized carbons (Fsp3) is 0. The summed E-state index contributed by atoms with van der Waals surface area (Å²) in [5.41, 5.74) is 8.33. The Morgan fingerprint density at radius 3 is 1.53 bits per heavy atom. The van der Waals surface area contributed by atoms with E-state index in [0.29, 0.717) is 0 Å². The van der Waals surface area contributed by atoms with Crippen LogP contribution in [0, 0.1) is 0 Å². The summed E-state index contributed by atoms with van der Waals surface area (Å²) in [6, 6.07) is 63.5. The molecule has 0 N–H and O–H groups in total. The first-order valence-electron chi connectivity index (χ1n) is 14.8. The largest absolute Gasteiger partial charge is 0.310 e. The maximum absolute atomic E-state index is 2.33. The minimum Gasteiger partial charge on any atom is -0.310 e. The molecule has 8 rings (SSSR count). The van der Waals surface area contributed by atoms with Gasteiger partial charge in [0.1, 0.15) is 0 Å². The van der Waals surface area contributed by atoms with Crippen LogP contribution in [-0.2, 0) is 0 Å². The minimum absolute atomic E-state index is 1.13. The highest BCUT2D eigenvalue weighted by molar-refractivity contribution is 5.99. The molecule has 0 atom stereocenters. The molecule has 0 fully saturated rings. The molecule has 0 aliphatic carbocycles. The van der Waals surface area contributed by atoms with Gasteiger partial charge in [0.05, 0.1) is 0 Å². The van der Waals surface area contributed by atoms with E-state index >= 15 is 0 Å². The van der Waals surface area contributed by atoms with Gasteiger partial charge in [-0.2, -0.15) is 0 Å². The van der Waals surface area contributed by atoms with Gasteiger partial charge in [0.15, 0.2) is 0 Å². The number of hydrogen-bond donors (Lipinski definition) is 0. The smallest absolute Gasteiger partial charge is 0.0468 e.